The lowest BCUT2D eigenvalue weighted by Crippen LogP contribution is -2.42. The van der Waals surface area contributed by atoms with E-state index >= 15 is 0 Å². The summed E-state index contributed by atoms with van der Waals surface area (Å²) >= 11 is 0. The molecule has 0 saturated carbocycles. The average Bonchev–Trinajstić information content (AvgIpc) is 3.01. The van der Waals surface area contributed by atoms with Crippen LogP contribution in [0.5, 0.6) is 0 Å². The number of fused-ring (bicyclic) bond motifs is 1. The zero-order valence-corrected chi connectivity index (χ0v) is 20.3. The predicted octanol–water partition coefficient (Wildman–Crippen LogP) is 2.74. The number of piperidine rings is 1. The number of hydrogen-bond acceptors (Lipinski definition) is 8. The highest BCUT2D eigenvalue weighted by Gasteiger charge is 2.40. The number of nitrogens with one attached hydrogen (secondary N) is 2. The van der Waals surface area contributed by atoms with Gasteiger partial charge in [-0.2, -0.15) is 4.98 Å². The molecule has 186 valence electrons. The lowest BCUT2D eigenvalue weighted by Gasteiger charge is -2.32. The molecule has 2 aliphatic heterocycles. The van der Waals surface area contributed by atoms with Crippen LogP contribution in [0, 0.1) is 0 Å². The number of anilines is 4. The van der Waals surface area contributed by atoms with Crippen LogP contribution in [0.2, 0.25) is 0 Å². The normalized spacial score (nSPS) is 18.7. The molecular weight excluding hydrogens is 450 g/mol. The van der Waals surface area contributed by atoms with E-state index in [1.54, 1.807) is 0 Å². The van der Waals surface area contributed by atoms with E-state index < -0.39 is 17.4 Å². The summed E-state index contributed by atoms with van der Waals surface area (Å²) in [7, 11) is 0. The molecule has 1 unspecified atom stereocenters. The molecule has 0 aliphatic carbocycles. The van der Waals surface area contributed by atoms with Gasteiger partial charge in [0.25, 0.3) is 5.91 Å². The molecule has 1 fully saturated rings. The van der Waals surface area contributed by atoms with Crippen molar-refractivity contribution >= 4 is 41.0 Å². The third-order valence-corrected chi connectivity index (χ3v) is 6.52. The van der Waals surface area contributed by atoms with Crippen LogP contribution >= 0.6 is 0 Å². The van der Waals surface area contributed by atoms with Gasteiger partial charge in [-0.15, -0.1) is 0 Å². The van der Waals surface area contributed by atoms with Crippen LogP contribution in [-0.4, -0.2) is 47.1 Å². The number of nitrogens with two attached hydrogens (primary N) is 2. The van der Waals surface area contributed by atoms with Crippen molar-refractivity contribution < 1.29 is 19.1 Å². The first-order valence-corrected chi connectivity index (χ1v) is 11.6. The van der Waals surface area contributed by atoms with E-state index in [4.69, 9.17) is 16.2 Å². The summed E-state index contributed by atoms with van der Waals surface area (Å²) in [6, 6.07) is 3.83. The molecule has 35 heavy (non-hydrogen) atoms. The summed E-state index contributed by atoms with van der Waals surface area (Å²) in [6.45, 7) is 8.90. The van der Waals surface area contributed by atoms with Crippen molar-refractivity contribution in [3.63, 3.8) is 0 Å². The molecule has 6 N–H and O–H groups in total. The van der Waals surface area contributed by atoms with E-state index in [0.717, 1.165) is 23.2 Å². The molecule has 2 aromatic rings. The fourth-order valence-corrected chi connectivity index (χ4v) is 4.53. The standard InChI is InChI=1S/C24H31N7O4/c1-12(2)15-8-13(9-17-18(15)29-21(33)24(17,3)4)28-20-16(19(25)32)10-27-23(30-20)31-7-5-6-14(11-31)35-22(26)34/h8-10,12,14H,5-7,11H2,1-4H3,(H2,25,32)(H2,26,34)(H,29,33)(H,27,28,30). The maximum Gasteiger partial charge on any atom is 0.404 e. The second kappa shape index (κ2) is 9.05. The second-order valence-electron chi connectivity index (χ2n) is 9.79. The summed E-state index contributed by atoms with van der Waals surface area (Å²) in [6.07, 6.45) is 1.66. The van der Waals surface area contributed by atoms with Crippen molar-refractivity contribution in [2.75, 3.05) is 28.6 Å². The van der Waals surface area contributed by atoms with Crippen LogP contribution in [0.15, 0.2) is 18.3 Å². The van der Waals surface area contributed by atoms with Crippen molar-refractivity contribution in [3.8, 4) is 0 Å². The van der Waals surface area contributed by atoms with Crippen LogP contribution in [0.25, 0.3) is 0 Å². The minimum atomic E-state index is -0.822. The van der Waals surface area contributed by atoms with Crippen LogP contribution in [-0.2, 0) is 14.9 Å². The number of carbonyl (C=O) groups excluding carboxylic acids is 3. The van der Waals surface area contributed by atoms with Gasteiger partial charge in [-0.05, 0) is 55.9 Å². The number of primary amides is 2. The van der Waals surface area contributed by atoms with E-state index in [2.05, 4.69) is 34.4 Å². The Morgan fingerprint density at radius 2 is 2.03 bits per heavy atom. The first kappa shape index (κ1) is 24.2. The van der Waals surface area contributed by atoms with Gasteiger partial charge in [0.05, 0.1) is 12.0 Å². The van der Waals surface area contributed by atoms with Gasteiger partial charge in [-0.3, -0.25) is 9.59 Å². The number of benzene rings is 1. The molecule has 11 heteroatoms. The Labute approximate surface area is 203 Å². The van der Waals surface area contributed by atoms with E-state index in [0.29, 0.717) is 31.1 Å². The summed E-state index contributed by atoms with van der Waals surface area (Å²) in [5.74, 6) is 0.0382. The zero-order valence-electron chi connectivity index (χ0n) is 20.3. The number of amides is 3. The van der Waals surface area contributed by atoms with Crippen LogP contribution in [0.1, 0.15) is 67.9 Å². The predicted molar refractivity (Wildman–Crippen MR) is 132 cm³/mol. The highest BCUT2D eigenvalue weighted by atomic mass is 16.6. The molecule has 1 atom stereocenters. The van der Waals surface area contributed by atoms with Gasteiger partial charge in [-0.25, -0.2) is 9.78 Å². The molecule has 1 saturated heterocycles. The molecule has 1 aromatic carbocycles. The lowest BCUT2D eigenvalue weighted by atomic mass is 9.84. The molecule has 2 aliphatic rings. The zero-order chi connectivity index (χ0) is 25.5. The van der Waals surface area contributed by atoms with Crippen LogP contribution in [0.3, 0.4) is 0 Å². The van der Waals surface area contributed by atoms with Gasteiger partial charge < -0.3 is 31.7 Å². The SMILES string of the molecule is CC(C)c1cc(Nc2nc(N3CCCC(OC(N)=O)C3)ncc2C(N)=O)cc2c1NC(=O)C2(C)C. The van der Waals surface area contributed by atoms with Crippen LogP contribution < -0.4 is 27.0 Å². The Balaban J connectivity index is 1.71. The average molecular weight is 482 g/mol. The van der Waals surface area contributed by atoms with Crippen molar-refractivity contribution in [2.45, 2.75) is 58.0 Å². The van der Waals surface area contributed by atoms with Gasteiger partial charge in [0.1, 0.15) is 17.5 Å². The fraction of sp³-hybridized carbons (Fsp3) is 0.458. The molecule has 3 amide bonds. The number of carbonyl (C=O) groups is 3. The molecule has 0 spiro atoms. The minimum absolute atomic E-state index is 0.0634. The monoisotopic (exact) mass is 481 g/mol. The number of aromatic nitrogens is 2. The largest absolute Gasteiger partial charge is 0.445 e. The number of nitrogens with zero attached hydrogens (tertiary/aromatic N) is 3. The van der Waals surface area contributed by atoms with Crippen molar-refractivity contribution in [2.24, 2.45) is 11.5 Å². The molecular formula is C24H31N7O4. The maximum atomic E-state index is 12.6. The third-order valence-electron chi connectivity index (χ3n) is 6.52. The number of hydrogen-bond donors (Lipinski definition) is 4. The van der Waals surface area contributed by atoms with Gasteiger partial charge in [0.2, 0.25) is 11.9 Å². The van der Waals surface area contributed by atoms with Gasteiger partial charge in [-0.1, -0.05) is 13.8 Å². The molecule has 4 rings (SSSR count). The van der Waals surface area contributed by atoms with Gasteiger partial charge in [0, 0.05) is 24.1 Å². The van der Waals surface area contributed by atoms with E-state index in [9.17, 15) is 14.4 Å². The summed E-state index contributed by atoms with van der Waals surface area (Å²) in [5.41, 5.74) is 13.6. The summed E-state index contributed by atoms with van der Waals surface area (Å²) < 4.78 is 5.16. The maximum absolute atomic E-state index is 12.6. The Morgan fingerprint density at radius 3 is 2.69 bits per heavy atom. The Bertz CT molecular complexity index is 1190. The molecule has 0 bridgehead atoms. The van der Waals surface area contributed by atoms with Crippen molar-refractivity contribution in [3.05, 3.63) is 35.0 Å². The Hall–Kier alpha value is -3.89. The third kappa shape index (κ3) is 4.71. The fourth-order valence-electron chi connectivity index (χ4n) is 4.53. The molecule has 0 radical (unpaired) electrons. The van der Waals surface area contributed by atoms with Crippen molar-refractivity contribution in [1.29, 1.82) is 0 Å². The first-order valence-electron chi connectivity index (χ1n) is 11.6. The topological polar surface area (TPSA) is 166 Å². The number of ether oxygens (including phenoxy) is 1. The molecule has 11 nitrogen and oxygen atoms in total. The minimum Gasteiger partial charge on any atom is -0.445 e. The smallest absolute Gasteiger partial charge is 0.404 e. The first-order chi connectivity index (χ1) is 16.5. The highest BCUT2D eigenvalue weighted by molar-refractivity contribution is 6.07. The van der Waals surface area contributed by atoms with E-state index in [-0.39, 0.29) is 29.3 Å². The quantitative estimate of drug-likeness (QED) is 0.489. The Kier molecular flexibility index (Phi) is 6.27. The summed E-state index contributed by atoms with van der Waals surface area (Å²) in [4.78, 5) is 46.7. The second-order valence-corrected chi connectivity index (χ2v) is 9.79. The van der Waals surface area contributed by atoms with Gasteiger partial charge >= 0.3 is 6.09 Å². The van der Waals surface area contributed by atoms with Crippen molar-refractivity contribution in [1.82, 2.24) is 9.97 Å². The lowest BCUT2D eigenvalue weighted by molar-refractivity contribution is -0.119. The molecule has 1 aromatic heterocycles. The highest BCUT2D eigenvalue weighted by Crippen LogP contribution is 2.44. The Morgan fingerprint density at radius 1 is 1.29 bits per heavy atom. The number of rotatable bonds is 6. The summed E-state index contributed by atoms with van der Waals surface area (Å²) in [5, 5.41) is 6.24. The van der Waals surface area contributed by atoms with Gasteiger partial charge in [0.15, 0.2) is 0 Å². The van der Waals surface area contributed by atoms with Crippen LogP contribution in [0.4, 0.5) is 27.9 Å². The van der Waals surface area contributed by atoms with E-state index in [1.165, 1.54) is 6.20 Å². The van der Waals surface area contributed by atoms with E-state index in [1.807, 2.05) is 30.9 Å². The molecule has 3 heterocycles.